The molecule has 2 aliphatic rings. The summed E-state index contributed by atoms with van der Waals surface area (Å²) in [5.41, 5.74) is 0. The van der Waals surface area contributed by atoms with Gasteiger partial charge in [0.1, 0.15) is 72.6 Å². The lowest BCUT2D eigenvalue weighted by molar-refractivity contribution is -0.164. The minimum atomic E-state index is -1.63. The Kier molecular flexibility index (Phi) is 33.8. The molecule has 0 saturated carbocycles. The molecule has 11 amide bonds. The highest BCUT2D eigenvalue weighted by atomic mass is 16.5. The molecule has 0 aliphatic carbocycles. The number of hydrogen-bond donors (Lipinski definition) is 4. The number of hydrogen-bond acceptors (Lipinski definition) is 15. The highest BCUT2D eigenvalue weighted by Crippen LogP contribution is 2.27. The molecule has 4 N–H and O–H groups in total. The molecule has 0 radical (unpaired) electrons. The summed E-state index contributed by atoms with van der Waals surface area (Å²) in [4.78, 5) is 188. The third-order valence-corrected chi connectivity index (χ3v) is 18.2. The molecular formula is C68H120N12O14. The van der Waals surface area contributed by atoms with Crippen molar-refractivity contribution in [1.29, 1.82) is 0 Å². The van der Waals surface area contributed by atoms with Crippen LogP contribution in [0.3, 0.4) is 0 Å². The van der Waals surface area contributed by atoms with Gasteiger partial charge in [-0.2, -0.15) is 0 Å². The number of morpholine rings is 1. The maximum atomic E-state index is 15.5. The quantitative estimate of drug-likeness (QED) is 0.120. The molecule has 2 heterocycles. The van der Waals surface area contributed by atoms with E-state index in [0.29, 0.717) is 32.8 Å². The summed E-state index contributed by atoms with van der Waals surface area (Å²) in [7, 11) is 9.97. The SMILES string of the molecule is CC=CCC(C)C(OC(C)=O)C1C(=O)NC(CC)C(=O)N(C)C(C)C(=O)N(C)C(C(C)CN2CCOCC2)C(=O)NC(C(C)C)C(=O)N(C)C(CC(C)C)C(=O)NC(C)C(=O)NC(C)C(=O)N(C)C(CC(C)C)C(=O)N(C)C(CC(C)C)C(=O)N(C)C(C(C)C)C(=O)N1C. The summed E-state index contributed by atoms with van der Waals surface area (Å²) >= 11 is 0. The number of esters is 1. The zero-order valence-corrected chi connectivity index (χ0v) is 61.5. The highest BCUT2D eigenvalue weighted by molar-refractivity contribution is 6.00. The summed E-state index contributed by atoms with van der Waals surface area (Å²) < 4.78 is 11.6. The van der Waals surface area contributed by atoms with Crippen LogP contribution >= 0.6 is 0 Å². The molecule has 14 unspecified atom stereocenters. The van der Waals surface area contributed by atoms with E-state index in [1.807, 2.05) is 54.5 Å². The van der Waals surface area contributed by atoms with Gasteiger partial charge < -0.3 is 65.0 Å². The minimum absolute atomic E-state index is 0.0207. The Balaban J connectivity index is 3.12. The summed E-state index contributed by atoms with van der Waals surface area (Å²) in [6, 6.07) is -14.0. The van der Waals surface area contributed by atoms with E-state index in [2.05, 4.69) is 26.2 Å². The first-order valence-electron chi connectivity index (χ1n) is 33.8. The number of carbonyl (C=O) groups excluding carboxylic acids is 12. The lowest BCUT2D eigenvalue weighted by Gasteiger charge is -2.42. The van der Waals surface area contributed by atoms with Crippen LogP contribution in [0.2, 0.25) is 0 Å². The normalized spacial score (nSPS) is 27.7. The summed E-state index contributed by atoms with van der Waals surface area (Å²) in [5, 5.41) is 11.2. The van der Waals surface area contributed by atoms with E-state index >= 15 is 28.8 Å². The predicted molar refractivity (Wildman–Crippen MR) is 360 cm³/mol. The zero-order valence-electron chi connectivity index (χ0n) is 61.5. The number of ether oxygens (including phenoxy) is 2. The Morgan fingerprint density at radius 2 is 0.968 bits per heavy atom. The molecule has 0 aromatic rings. The van der Waals surface area contributed by atoms with Crippen molar-refractivity contribution in [1.82, 2.24) is 60.5 Å². The van der Waals surface area contributed by atoms with Gasteiger partial charge in [-0.15, -0.1) is 0 Å². The van der Waals surface area contributed by atoms with Gasteiger partial charge in [0.2, 0.25) is 65.0 Å². The van der Waals surface area contributed by atoms with E-state index in [-0.39, 0.29) is 49.9 Å². The van der Waals surface area contributed by atoms with Crippen molar-refractivity contribution in [3.05, 3.63) is 12.2 Å². The Labute approximate surface area is 561 Å². The maximum Gasteiger partial charge on any atom is 0.303 e. The van der Waals surface area contributed by atoms with Crippen molar-refractivity contribution in [3.63, 3.8) is 0 Å². The standard InChI is InChI=1S/C68H120N12O14/c1-26-28-29-43(13)57(94-48(18)81)56-61(85)71-49(27-2)64(88)73(19)47(17)63(87)78(24)55(44(14)37-80-30-32-93-33-31-80)60(84)72-53(41(9)10)67(91)74(20)50(34-38(3)4)59(83)69-45(15)58(82)70-46(16)62(86)75(21)51(35-39(5)6)65(89)76(22)52(36-40(7)8)66(90)77(23)54(42(11)12)68(92)79(56)25/h26,28,38-47,49-57H,27,29-37H2,1-25H3,(H,69,83)(H,70,82)(H,71,85)(H,72,84). The number of nitrogens with zero attached hydrogens (tertiary/aromatic N) is 8. The van der Waals surface area contributed by atoms with Gasteiger partial charge in [-0.1, -0.05) is 102 Å². The van der Waals surface area contributed by atoms with E-state index in [1.165, 1.54) is 102 Å². The molecule has 26 nitrogen and oxygen atoms in total. The van der Waals surface area contributed by atoms with Gasteiger partial charge >= 0.3 is 5.97 Å². The van der Waals surface area contributed by atoms with Gasteiger partial charge in [-0.3, -0.25) is 62.4 Å². The molecule has 536 valence electrons. The average molecular weight is 1330 g/mol. The fourth-order valence-electron chi connectivity index (χ4n) is 12.4. The van der Waals surface area contributed by atoms with Crippen LogP contribution in [0.15, 0.2) is 12.2 Å². The Morgan fingerprint density at radius 3 is 1.45 bits per heavy atom. The van der Waals surface area contributed by atoms with Crippen molar-refractivity contribution >= 4 is 70.9 Å². The van der Waals surface area contributed by atoms with E-state index in [4.69, 9.17) is 9.47 Å². The van der Waals surface area contributed by atoms with Crippen molar-refractivity contribution in [2.45, 2.75) is 229 Å². The minimum Gasteiger partial charge on any atom is -0.459 e. The molecular weight excluding hydrogens is 1210 g/mol. The van der Waals surface area contributed by atoms with E-state index < -0.39 is 167 Å². The first kappa shape index (κ1) is 83.4. The molecule has 0 aromatic heterocycles. The van der Waals surface area contributed by atoms with Gasteiger partial charge in [0.15, 0.2) is 0 Å². The Morgan fingerprint density at radius 1 is 0.511 bits per heavy atom. The van der Waals surface area contributed by atoms with Crippen molar-refractivity contribution in [2.24, 2.45) is 41.4 Å². The first-order valence-corrected chi connectivity index (χ1v) is 33.8. The second-order valence-corrected chi connectivity index (χ2v) is 28.2. The fraction of sp³-hybridized carbons (Fsp3) is 0.794. The average Bonchev–Trinajstić information content (AvgIpc) is 0.807. The van der Waals surface area contributed by atoms with Crippen molar-refractivity contribution < 1.29 is 67.0 Å². The highest BCUT2D eigenvalue weighted by Gasteiger charge is 2.47. The fourth-order valence-corrected chi connectivity index (χ4v) is 12.4. The predicted octanol–water partition coefficient (Wildman–Crippen LogP) is 3.15. The number of carbonyl (C=O) groups is 12. The number of nitrogens with one attached hydrogen (secondary N) is 4. The summed E-state index contributed by atoms with van der Waals surface area (Å²) in [5.74, 6) is -11.3. The lowest BCUT2D eigenvalue weighted by Crippen LogP contribution is -2.64. The molecule has 0 aromatic carbocycles. The first-order chi connectivity index (χ1) is 43.6. The smallest absolute Gasteiger partial charge is 0.303 e. The van der Waals surface area contributed by atoms with Gasteiger partial charge in [-0.25, -0.2) is 0 Å². The largest absolute Gasteiger partial charge is 0.459 e. The molecule has 2 saturated heterocycles. The number of rotatable bonds is 17. The zero-order chi connectivity index (χ0) is 72.2. The third-order valence-electron chi connectivity index (χ3n) is 18.2. The second-order valence-electron chi connectivity index (χ2n) is 28.2. The van der Waals surface area contributed by atoms with Crippen molar-refractivity contribution in [3.8, 4) is 0 Å². The molecule has 14 atom stereocenters. The third kappa shape index (κ3) is 22.7. The monoisotopic (exact) mass is 1330 g/mol. The molecule has 2 aliphatic heterocycles. The van der Waals surface area contributed by atoms with Crippen LogP contribution in [0.4, 0.5) is 0 Å². The van der Waals surface area contributed by atoms with Gasteiger partial charge in [0.05, 0.1) is 13.2 Å². The maximum absolute atomic E-state index is 15.5. The van der Waals surface area contributed by atoms with Gasteiger partial charge in [0.25, 0.3) is 0 Å². The molecule has 0 bridgehead atoms. The molecule has 2 rings (SSSR count). The lowest BCUT2D eigenvalue weighted by atomic mass is 9.91. The van der Waals surface area contributed by atoms with E-state index in [1.54, 1.807) is 54.5 Å². The Bertz CT molecular complexity index is 2630. The van der Waals surface area contributed by atoms with Crippen LogP contribution in [0.25, 0.3) is 0 Å². The van der Waals surface area contributed by atoms with E-state index in [9.17, 15) is 28.8 Å². The topological polar surface area (TPSA) is 297 Å². The van der Waals surface area contributed by atoms with Crippen LogP contribution in [0, 0.1) is 41.4 Å². The van der Waals surface area contributed by atoms with Crippen LogP contribution in [-0.4, -0.2) is 265 Å². The van der Waals surface area contributed by atoms with Crippen LogP contribution in [-0.2, 0) is 67.0 Å². The molecule has 26 heteroatoms. The van der Waals surface area contributed by atoms with Gasteiger partial charge in [0, 0.05) is 75.9 Å². The summed E-state index contributed by atoms with van der Waals surface area (Å²) in [6.07, 6.45) is 2.95. The Hall–Kier alpha value is -6.70. The number of amides is 11. The van der Waals surface area contributed by atoms with Gasteiger partial charge in [-0.05, 0) is 101 Å². The number of likely N-dealkylation sites (N-methyl/N-ethyl adjacent to an activating group) is 7. The second kappa shape index (κ2) is 38.1. The van der Waals surface area contributed by atoms with E-state index in [0.717, 1.165) is 9.80 Å². The van der Waals surface area contributed by atoms with Crippen molar-refractivity contribution in [2.75, 3.05) is 82.2 Å². The molecule has 0 spiro atoms. The van der Waals surface area contributed by atoms with Crippen LogP contribution < -0.4 is 21.3 Å². The number of allylic oxidation sites excluding steroid dienone is 2. The molecule has 94 heavy (non-hydrogen) atoms. The van der Waals surface area contributed by atoms with Crippen LogP contribution in [0.5, 0.6) is 0 Å². The summed E-state index contributed by atoms with van der Waals surface area (Å²) in [6.45, 7) is 33.0. The molecule has 2 fully saturated rings. The van der Waals surface area contributed by atoms with Crippen LogP contribution in [0.1, 0.15) is 157 Å².